The van der Waals surface area contributed by atoms with Crippen molar-refractivity contribution < 1.29 is 14.3 Å². The van der Waals surface area contributed by atoms with Crippen molar-refractivity contribution in [1.29, 1.82) is 0 Å². The van der Waals surface area contributed by atoms with Crippen LogP contribution in [0.1, 0.15) is 61.4 Å². The molecule has 1 aromatic carbocycles. The predicted molar refractivity (Wildman–Crippen MR) is 124 cm³/mol. The predicted octanol–water partition coefficient (Wildman–Crippen LogP) is 6.27. The first-order chi connectivity index (χ1) is 14.5. The molecule has 0 atom stereocenters. The highest BCUT2D eigenvalue weighted by Gasteiger charge is 2.27. The summed E-state index contributed by atoms with van der Waals surface area (Å²) in [5.41, 5.74) is 5.37. The minimum atomic E-state index is -0.434. The van der Waals surface area contributed by atoms with Crippen LogP contribution in [0.25, 0.3) is 11.1 Å². The third-order valence-electron chi connectivity index (χ3n) is 5.66. The monoisotopic (exact) mass is 439 g/mol. The van der Waals surface area contributed by atoms with E-state index in [-0.39, 0.29) is 5.91 Å². The Morgan fingerprint density at radius 1 is 1.13 bits per heavy atom. The van der Waals surface area contributed by atoms with Crippen LogP contribution < -0.4 is 5.32 Å². The molecule has 3 aromatic rings. The summed E-state index contributed by atoms with van der Waals surface area (Å²) >= 11 is 3.09. The second-order valence-electron chi connectivity index (χ2n) is 7.49. The van der Waals surface area contributed by atoms with E-state index >= 15 is 0 Å². The molecule has 1 amide bonds. The smallest absolute Gasteiger partial charge is 0.341 e. The zero-order chi connectivity index (χ0) is 21.3. The van der Waals surface area contributed by atoms with Gasteiger partial charge in [-0.05, 0) is 55.7 Å². The molecule has 1 aliphatic carbocycles. The molecule has 6 heteroatoms. The van der Waals surface area contributed by atoms with Gasteiger partial charge < -0.3 is 10.1 Å². The number of carbonyl (C=O) groups excluding carboxylic acids is 2. The van der Waals surface area contributed by atoms with Gasteiger partial charge in [0, 0.05) is 20.7 Å². The number of hydrogen-bond donors (Lipinski definition) is 1. The van der Waals surface area contributed by atoms with Crippen LogP contribution in [-0.4, -0.2) is 19.0 Å². The number of carbonyl (C=O) groups is 2. The van der Waals surface area contributed by atoms with Crippen LogP contribution in [0.15, 0.2) is 29.6 Å². The Morgan fingerprint density at radius 3 is 2.57 bits per heavy atom. The summed E-state index contributed by atoms with van der Waals surface area (Å²) < 4.78 is 5.08. The molecule has 0 unspecified atom stereocenters. The molecule has 0 bridgehead atoms. The molecule has 1 aliphatic rings. The third-order valence-corrected chi connectivity index (χ3v) is 7.77. The highest BCUT2D eigenvalue weighted by molar-refractivity contribution is 7.17. The van der Waals surface area contributed by atoms with E-state index in [2.05, 4.69) is 24.4 Å². The molecule has 0 radical (unpaired) electrons. The Morgan fingerprint density at radius 2 is 1.87 bits per heavy atom. The van der Waals surface area contributed by atoms with Gasteiger partial charge in [-0.3, -0.25) is 4.79 Å². The summed E-state index contributed by atoms with van der Waals surface area (Å²) in [5.74, 6) is -0.578. The molecule has 0 spiro atoms. The van der Waals surface area contributed by atoms with Crippen molar-refractivity contribution in [2.24, 2.45) is 0 Å². The molecule has 1 N–H and O–H groups in total. The lowest BCUT2D eigenvalue weighted by atomic mass is 9.95. The molecule has 2 heterocycles. The maximum absolute atomic E-state index is 13.1. The Balaban J connectivity index is 1.72. The van der Waals surface area contributed by atoms with Crippen molar-refractivity contribution in [2.75, 3.05) is 12.4 Å². The Hall–Kier alpha value is -2.44. The zero-order valence-corrected chi connectivity index (χ0v) is 19.1. The number of hydrogen-bond acceptors (Lipinski definition) is 5. The van der Waals surface area contributed by atoms with Gasteiger partial charge in [-0.15, -0.1) is 22.7 Å². The summed E-state index contributed by atoms with van der Waals surface area (Å²) in [6.07, 6.45) is 5.26. The summed E-state index contributed by atoms with van der Waals surface area (Å²) in [7, 11) is 1.38. The molecule has 4 nitrogen and oxygen atoms in total. The Labute approximate surface area is 184 Å². The van der Waals surface area contributed by atoms with E-state index in [1.165, 1.54) is 40.9 Å². The molecule has 30 heavy (non-hydrogen) atoms. The minimum absolute atomic E-state index is 0.145. The summed E-state index contributed by atoms with van der Waals surface area (Å²) in [6, 6.07) is 8.20. The number of thiophene rings is 2. The molecule has 4 rings (SSSR count). The lowest BCUT2D eigenvalue weighted by molar-refractivity contribution is 0.0603. The number of amides is 1. The quantitative estimate of drug-likeness (QED) is 0.477. The molecule has 0 fully saturated rings. The van der Waals surface area contributed by atoms with Crippen molar-refractivity contribution in [2.45, 2.75) is 46.0 Å². The first kappa shape index (κ1) is 20.8. The highest BCUT2D eigenvalue weighted by Crippen LogP contribution is 2.41. The second kappa shape index (κ2) is 8.74. The maximum Gasteiger partial charge on any atom is 0.341 e. The van der Waals surface area contributed by atoms with Crippen LogP contribution in [0.2, 0.25) is 0 Å². The third kappa shape index (κ3) is 3.82. The number of benzene rings is 1. The van der Waals surface area contributed by atoms with E-state index in [9.17, 15) is 9.59 Å². The van der Waals surface area contributed by atoms with Crippen molar-refractivity contribution in [3.63, 3.8) is 0 Å². The highest BCUT2D eigenvalue weighted by atomic mass is 32.1. The van der Waals surface area contributed by atoms with Crippen LogP contribution in [0.4, 0.5) is 5.00 Å². The Kier molecular flexibility index (Phi) is 6.06. The van der Waals surface area contributed by atoms with Gasteiger partial charge in [-0.1, -0.05) is 31.2 Å². The van der Waals surface area contributed by atoms with E-state index in [1.54, 1.807) is 11.3 Å². The van der Waals surface area contributed by atoms with Gasteiger partial charge in [0.15, 0.2) is 0 Å². The number of anilines is 1. The average Bonchev–Trinajstić information content (AvgIpc) is 3.34. The first-order valence-electron chi connectivity index (χ1n) is 10.2. The minimum Gasteiger partial charge on any atom is -0.465 e. The average molecular weight is 440 g/mol. The number of fused-ring (bicyclic) bond motifs is 1. The first-order valence-corrected chi connectivity index (χ1v) is 11.9. The van der Waals surface area contributed by atoms with E-state index in [0.717, 1.165) is 47.3 Å². The van der Waals surface area contributed by atoms with E-state index in [0.29, 0.717) is 10.6 Å². The lowest BCUT2D eigenvalue weighted by Gasteiger charge is -2.13. The number of nitrogens with one attached hydrogen (secondary N) is 1. The standard InChI is InChI=1S/C24H25NO3S2/c1-4-15-9-11-16(12-10-15)20-14(2)30-23(21(20)24(27)28-3)25-22(26)18-13-29-19-8-6-5-7-17(18)19/h9-13H,4-8H2,1-3H3,(H,25,26). The van der Waals surface area contributed by atoms with E-state index in [1.807, 2.05) is 24.4 Å². The van der Waals surface area contributed by atoms with Gasteiger partial charge in [0.2, 0.25) is 0 Å². The molecule has 2 aromatic heterocycles. The largest absolute Gasteiger partial charge is 0.465 e. The molecule has 156 valence electrons. The Bertz CT molecular complexity index is 1090. The van der Waals surface area contributed by atoms with Crippen LogP contribution in [-0.2, 0) is 24.0 Å². The summed E-state index contributed by atoms with van der Waals surface area (Å²) in [4.78, 5) is 28.1. The number of methoxy groups -OCH3 is 1. The topological polar surface area (TPSA) is 55.4 Å². The van der Waals surface area contributed by atoms with Gasteiger partial charge in [-0.25, -0.2) is 4.79 Å². The van der Waals surface area contributed by atoms with Gasteiger partial charge >= 0.3 is 5.97 Å². The maximum atomic E-state index is 13.1. The second-order valence-corrected chi connectivity index (χ2v) is 9.68. The molecule has 0 saturated heterocycles. The number of aryl methyl sites for hydroxylation is 3. The molecule has 0 saturated carbocycles. The summed E-state index contributed by atoms with van der Waals surface area (Å²) in [5, 5.41) is 5.52. The normalized spacial score (nSPS) is 13.0. The SMILES string of the molecule is CCc1ccc(-c2c(C)sc(NC(=O)c3csc4c3CCCC4)c2C(=O)OC)cc1. The number of rotatable bonds is 5. The van der Waals surface area contributed by atoms with Crippen LogP contribution in [0.3, 0.4) is 0 Å². The van der Waals surface area contributed by atoms with E-state index < -0.39 is 5.97 Å². The van der Waals surface area contributed by atoms with Crippen molar-refractivity contribution in [3.8, 4) is 11.1 Å². The molecular weight excluding hydrogens is 414 g/mol. The summed E-state index contributed by atoms with van der Waals surface area (Å²) in [6.45, 7) is 4.09. The van der Waals surface area contributed by atoms with Crippen molar-refractivity contribution >= 4 is 39.6 Å². The van der Waals surface area contributed by atoms with Crippen molar-refractivity contribution in [3.05, 3.63) is 61.7 Å². The van der Waals surface area contributed by atoms with Gasteiger partial charge in [-0.2, -0.15) is 0 Å². The fraction of sp³-hybridized carbons (Fsp3) is 0.333. The molecule has 0 aliphatic heterocycles. The van der Waals surface area contributed by atoms with Gasteiger partial charge in [0.05, 0.1) is 12.7 Å². The lowest BCUT2D eigenvalue weighted by Crippen LogP contribution is -2.16. The number of ether oxygens (including phenoxy) is 1. The van der Waals surface area contributed by atoms with E-state index in [4.69, 9.17) is 4.74 Å². The number of esters is 1. The fourth-order valence-corrected chi connectivity index (χ4v) is 6.22. The zero-order valence-electron chi connectivity index (χ0n) is 17.5. The van der Waals surface area contributed by atoms with Crippen LogP contribution in [0, 0.1) is 6.92 Å². The van der Waals surface area contributed by atoms with Gasteiger partial charge in [0.25, 0.3) is 5.91 Å². The van der Waals surface area contributed by atoms with Gasteiger partial charge in [0.1, 0.15) is 10.6 Å². The van der Waals surface area contributed by atoms with Crippen LogP contribution in [0.5, 0.6) is 0 Å². The van der Waals surface area contributed by atoms with Crippen LogP contribution >= 0.6 is 22.7 Å². The van der Waals surface area contributed by atoms with Crippen molar-refractivity contribution in [1.82, 2.24) is 0 Å². The fourth-order valence-electron chi connectivity index (χ4n) is 4.04. The molecular formula is C24H25NO3S2.